The number of hydrogen-bond donors (Lipinski definition) is 1. The van der Waals surface area contributed by atoms with Crippen LogP contribution in [0.25, 0.3) is 0 Å². The summed E-state index contributed by atoms with van der Waals surface area (Å²) < 4.78 is 5.65. The van der Waals surface area contributed by atoms with Gasteiger partial charge in [0.25, 0.3) is 0 Å². The van der Waals surface area contributed by atoms with Crippen molar-refractivity contribution in [2.24, 2.45) is 0 Å². The summed E-state index contributed by atoms with van der Waals surface area (Å²) in [7, 11) is 0. The first-order valence-corrected chi connectivity index (χ1v) is 7.91. The second kappa shape index (κ2) is 8.64. The van der Waals surface area contributed by atoms with E-state index in [9.17, 15) is 0 Å². The number of anilines is 2. The minimum atomic E-state index is 0.0398. The Labute approximate surface area is 128 Å². The van der Waals surface area contributed by atoms with Crippen LogP contribution in [0, 0.1) is 0 Å². The third-order valence-corrected chi connectivity index (χ3v) is 2.82. The molecule has 120 valence electrons. The van der Waals surface area contributed by atoms with E-state index in [4.69, 9.17) is 4.74 Å². The Morgan fingerprint density at radius 3 is 2.29 bits per heavy atom. The van der Waals surface area contributed by atoms with Crippen molar-refractivity contribution in [1.82, 2.24) is 15.0 Å². The minimum absolute atomic E-state index is 0.0398. The molecule has 0 aromatic carbocycles. The van der Waals surface area contributed by atoms with Crippen LogP contribution in [0.3, 0.4) is 0 Å². The fourth-order valence-electron chi connectivity index (χ4n) is 1.88. The van der Waals surface area contributed by atoms with Gasteiger partial charge in [0.05, 0.1) is 6.10 Å². The number of ether oxygens (including phenoxy) is 1. The normalized spacial score (nSPS) is 11.0. The summed E-state index contributed by atoms with van der Waals surface area (Å²) in [5, 5.41) is 3.22. The number of rotatable bonds is 9. The molecule has 1 rings (SSSR count). The average molecular weight is 295 g/mol. The first-order valence-electron chi connectivity index (χ1n) is 7.91. The van der Waals surface area contributed by atoms with E-state index in [2.05, 4.69) is 52.9 Å². The molecule has 6 nitrogen and oxygen atoms in total. The second-order valence-corrected chi connectivity index (χ2v) is 5.62. The van der Waals surface area contributed by atoms with Gasteiger partial charge in [-0.1, -0.05) is 13.8 Å². The van der Waals surface area contributed by atoms with E-state index in [1.807, 2.05) is 13.8 Å². The number of aromatic nitrogens is 3. The zero-order valence-corrected chi connectivity index (χ0v) is 14.2. The Morgan fingerprint density at radius 2 is 1.76 bits per heavy atom. The van der Waals surface area contributed by atoms with Gasteiger partial charge >= 0.3 is 6.01 Å². The van der Waals surface area contributed by atoms with E-state index in [-0.39, 0.29) is 6.10 Å². The Bertz CT molecular complexity index is 423. The minimum Gasteiger partial charge on any atom is -0.461 e. The summed E-state index contributed by atoms with van der Waals surface area (Å²) in [5.41, 5.74) is 0. The molecule has 0 saturated carbocycles. The fourth-order valence-corrected chi connectivity index (χ4v) is 1.88. The monoisotopic (exact) mass is 295 g/mol. The van der Waals surface area contributed by atoms with Crippen LogP contribution in [0.1, 0.15) is 54.4 Å². The van der Waals surface area contributed by atoms with Gasteiger partial charge in [-0.2, -0.15) is 15.0 Å². The highest BCUT2D eigenvalue weighted by atomic mass is 16.5. The fraction of sp³-hybridized carbons (Fsp3) is 0.800. The van der Waals surface area contributed by atoms with Crippen LogP contribution < -0.4 is 15.0 Å². The first kappa shape index (κ1) is 17.5. The summed E-state index contributed by atoms with van der Waals surface area (Å²) in [6.45, 7) is 14.2. The maximum Gasteiger partial charge on any atom is 0.323 e. The summed E-state index contributed by atoms with van der Waals surface area (Å²) in [6, 6.07) is 0.716. The lowest BCUT2D eigenvalue weighted by Gasteiger charge is -2.26. The van der Waals surface area contributed by atoms with E-state index in [0.717, 1.165) is 25.9 Å². The molecule has 0 radical (unpaired) electrons. The second-order valence-electron chi connectivity index (χ2n) is 5.62. The van der Waals surface area contributed by atoms with Gasteiger partial charge in [0.15, 0.2) is 0 Å². The highest BCUT2D eigenvalue weighted by Crippen LogP contribution is 2.18. The van der Waals surface area contributed by atoms with Gasteiger partial charge < -0.3 is 15.0 Å². The van der Waals surface area contributed by atoms with Crippen molar-refractivity contribution in [1.29, 1.82) is 0 Å². The van der Waals surface area contributed by atoms with Crippen LogP contribution in [-0.4, -0.2) is 40.2 Å². The lowest BCUT2D eigenvalue weighted by Crippen LogP contribution is -2.33. The Kier molecular flexibility index (Phi) is 7.19. The Balaban J connectivity index is 3.08. The third-order valence-electron chi connectivity index (χ3n) is 2.82. The molecule has 1 aromatic rings. The largest absolute Gasteiger partial charge is 0.461 e. The Hall–Kier alpha value is -1.59. The molecule has 0 spiro atoms. The van der Waals surface area contributed by atoms with Crippen LogP contribution in [0.4, 0.5) is 11.9 Å². The summed E-state index contributed by atoms with van der Waals surface area (Å²) in [4.78, 5) is 15.5. The summed E-state index contributed by atoms with van der Waals surface area (Å²) in [5.74, 6) is 1.26. The molecule has 0 aliphatic rings. The van der Waals surface area contributed by atoms with Crippen molar-refractivity contribution in [3.05, 3.63) is 0 Å². The zero-order chi connectivity index (χ0) is 15.8. The van der Waals surface area contributed by atoms with Crippen molar-refractivity contribution in [2.75, 3.05) is 23.3 Å². The quantitative estimate of drug-likeness (QED) is 0.755. The SMILES string of the molecule is CCCNc1nc(OC(C)C)nc(N(CCC)C(C)C)n1. The van der Waals surface area contributed by atoms with Crippen LogP contribution in [-0.2, 0) is 0 Å². The molecule has 1 heterocycles. The molecule has 0 unspecified atom stereocenters. The highest BCUT2D eigenvalue weighted by Gasteiger charge is 2.16. The number of nitrogens with one attached hydrogen (secondary N) is 1. The van der Waals surface area contributed by atoms with Gasteiger partial charge in [-0.05, 0) is 40.5 Å². The van der Waals surface area contributed by atoms with Crippen LogP contribution >= 0.6 is 0 Å². The summed E-state index contributed by atoms with van der Waals surface area (Å²) in [6.07, 6.45) is 2.10. The van der Waals surface area contributed by atoms with E-state index in [1.54, 1.807) is 0 Å². The van der Waals surface area contributed by atoms with Crippen molar-refractivity contribution in [3.8, 4) is 6.01 Å². The Morgan fingerprint density at radius 1 is 1.05 bits per heavy atom. The predicted molar refractivity (Wildman–Crippen MR) is 87.1 cm³/mol. The molecule has 1 aromatic heterocycles. The summed E-state index contributed by atoms with van der Waals surface area (Å²) >= 11 is 0. The van der Waals surface area contributed by atoms with E-state index < -0.39 is 0 Å². The topological polar surface area (TPSA) is 63.2 Å². The molecular weight excluding hydrogens is 266 g/mol. The van der Waals surface area contributed by atoms with Crippen LogP contribution in [0.5, 0.6) is 6.01 Å². The first-order chi connectivity index (χ1) is 9.97. The van der Waals surface area contributed by atoms with Gasteiger partial charge in [-0.25, -0.2) is 0 Å². The van der Waals surface area contributed by atoms with Crippen molar-refractivity contribution >= 4 is 11.9 Å². The van der Waals surface area contributed by atoms with Crippen molar-refractivity contribution < 1.29 is 4.74 Å². The van der Waals surface area contributed by atoms with E-state index in [1.165, 1.54) is 0 Å². The lowest BCUT2D eigenvalue weighted by atomic mass is 10.3. The maximum atomic E-state index is 5.65. The van der Waals surface area contributed by atoms with Crippen molar-refractivity contribution in [2.45, 2.75) is 66.5 Å². The standard InChI is InChI=1S/C15H29N5O/c1-7-9-16-13-17-14(20(10-8-2)11(3)4)19-15(18-13)21-12(5)6/h11-12H,7-10H2,1-6H3,(H,16,17,18,19). The molecule has 0 aliphatic heterocycles. The van der Waals surface area contributed by atoms with Gasteiger partial charge in [-0.3, -0.25) is 0 Å². The molecule has 0 amide bonds. The maximum absolute atomic E-state index is 5.65. The molecule has 1 N–H and O–H groups in total. The van der Waals surface area contributed by atoms with E-state index in [0.29, 0.717) is 23.9 Å². The molecular formula is C15H29N5O. The van der Waals surface area contributed by atoms with Crippen LogP contribution in [0.15, 0.2) is 0 Å². The smallest absolute Gasteiger partial charge is 0.323 e. The average Bonchev–Trinajstić information content (AvgIpc) is 2.41. The molecule has 0 saturated heterocycles. The molecule has 6 heteroatoms. The van der Waals surface area contributed by atoms with E-state index >= 15 is 0 Å². The van der Waals surface area contributed by atoms with Gasteiger partial charge in [0, 0.05) is 19.1 Å². The zero-order valence-electron chi connectivity index (χ0n) is 14.2. The third kappa shape index (κ3) is 5.73. The van der Waals surface area contributed by atoms with Crippen LogP contribution in [0.2, 0.25) is 0 Å². The van der Waals surface area contributed by atoms with Gasteiger partial charge in [-0.15, -0.1) is 0 Å². The molecule has 0 fully saturated rings. The number of nitrogens with zero attached hydrogens (tertiary/aromatic N) is 4. The predicted octanol–water partition coefficient (Wildman–Crippen LogP) is 3.11. The highest BCUT2D eigenvalue weighted by molar-refractivity contribution is 5.39. The molecule has 21 heavy (non-hydrogen) atoms. The van der Waals surface area contributed by atoms with Crippen molar-refractivity contribution in [3.63, 3.8) is 0 Å². The number of hydrogen-bond acceptors (Lipinski definition) is 6. The molecule has 0 atom stereocenters. The molecule has 0 aliphatic carbocycles. The van der Waals surface area contributed by atoms with Gasteiger partial charge in [0.1, 0.15) is 0 Å². The lowest BCUT2D eigenvalue weighted by molar-refractivity contribution is 0.222. The van der Waals surface area contributed by atoms with Gasteiger partial charge in [0.2, 0.25) is 11.9 Å². The molecule has 0 bridgehead atoms.